The molecule has 2 rings (SSSR count). The summed E-state index contributed by atoms with van der Waals surface area (Å²) in [5, 5.41) is 5.26. The van der Waals surface area contributed by atoms with Gasteiger partial charge in [0.15, 0.2) is 0 Å². The first-order valence-electron chi connectivity index (χ1n) is 9.17. The fraction of sp³-hybridized carbons (Fsp3) is 0.333. The number of rotatable bonds is 6. The lowest BCUT2D eigenvalue weighted by Crippen LogP contribution is -2.45. The van der Waals surface area contributed by atoms with Crippen molar-refractivity contribution in [2.45, 2.75) is 45.1 Å². The van der Waals surface area contributed by atoms with Gasteiger partial charge in [-0.25, -0.2) is 8.42 Å². The van der Waals surface area contributed by atoms with E-state index in [0.717, 1.165) is 11.1 Å². The molecule has 0 heterocycles. The van der Waals surface area contributed by atoms with E-state index in [0.29, 0.717) is 5.69 Å². The number of aryl methyl sites for hydroxylation is 1. The third-order valence-electron chi connectivity index (χ3n) is 4.20. The molecule has 0 aromatic heterocycles. The molecule has 0 saturated heterocycles. The van der Waals surface area contributed by atoms with Crippen molar-refractivity contribution in [2.24, 2.45) is 0 Å². The van der Waals surface area contributed by atoms with Gasteiger partial charge in [0.2, 0.25) is 5.91 Å². The molecule has 7 nitrogen and oxygen atoms in total. The Kier molecular flexibility index (Phi) is 6.69. The number of nitrogens with one attached hydrogen (secondary N) is 3. The molecule has 0 fully saturated rings. The van der Waals surface area contributed by atoms with Crippen LogP contribution in [0.2, 0.25) is 0 Å². The van der Waals surface area contributed by atoms with Crippen LogP contribution in [0.1, 0.15) is 42.3 Å². The molecule has 0 aliphatic heterocycles. The SMILES string of the molecule is Cc1cccc(NS(=O)(=O)c2ccc(C(=O)NCC(=O)NC(C)(C)C)cc2)c1C. The predicted molar refractivity (Wildman–Crippen MR) is 113 cm³/mol. The molecular formula is C21H27N3O4S. The molecule has 0 spiro atoms. The van der Waals surface area contributed by atoms with Gasteiger partial charge in [-0.15, -0.1) is 0 Å². The largest absolute Gasteiger partial charge is 0.350 e. The number of hydrogen-bond acceptors (Lipinski definition) is 4. The van der Waals surface area contributed by atoms with E-state index in [2.05, 4.69) is 15.4 Å². The summed E-state index contributed by atoms with van der Waals surface area (Å²) in [7, 11) is -3.79. The van der Waals surface area contributed by atoms with E-state index < -0.39 is 15.9 Å². The minimum atomic E-state index is -3.79. The fourth-order valence-electron chi connectivity index (χ4n) is 2.58. The molecule has 0 saturated carbocycles. The van der Waals surface area contributed by atoms with Crippen LogP contribution in [-0.2, 0) is 14.8 Å². The maximum atomic E-state index is 12.6. The van der Waals surface area contributed by atoms with E-state index in [1.165, 1.54) is 24.3 Å². The first kappa shape index (κ1) is 22.4. The average molecular weight is 418 g/mol. The van der Waals surface area contributed by atoms with E-state index in [1.54, 1.807) is 12.1 Å². The summed E-state index contributed by atoms with van der Waals surface area (Å²) in [4.78, 5) is 24.0. The minimum Gasteiger partial charge on any atom is -0.350 e. The normalized spacial score (nSPS) is 11.6. The number of anilines is 1. The summed E-state index contributed by atoms with van der Waals surface area (Å²) in [5.41, 5.74) is 2.21. The molecule has 0 unspecified atom stereocenters. The molecule has 0 bridgehead atoms. The van der Waals surface area contributed by atoms with E-state index in [4.69, 9.17) is 0 Å². The van der Waals surface area contributed by atoms with Crippen LogP contribution in [0.15, 0.2) is 47.4 Å². The molecule has 0 atom stereocenters. The van der Waals surface area contributed by atoms with Gasteiger partial charge in [0.25, 0.3) is 15.9 Å². The van der Waals surface area contributed by atoms with E-state index >= 15 is 0 Å². The maximum Gasteiger partial charge on any atom is 0.261 e. The number of hydrogen-bond donors (Lipinski definition) is 3. The molecule has 0 aliphatic carbocycles. The van der Waals surface area contributed by atoms with Crippen LogP contribution >= 0.6 is 0 Å². The Hall–Kier alpha value is -2.87. The standard InChI is InChI=1S/C21H27N3O4S/c1-14-7-6-8-18(15(14)2)24-29(27,28)17-11-9-16(10-12-17)20(26)22-13-19(25)23-21(3,4)5/h6-12,24H,13H2,1-5H3,(H,22,26)(H,23,25). The highest BCUT2D eigenvalue weighted by molar-refractivity contribution is 7.92. The fourth-order valence-corrected chi connectivity index (χ4v) is 3.70. The first-order valence-corrected chi connectivity index (χ1v) is 10.7. The highest BCUT2D eigenvalue weighted by atomic mass is 32.2. The van der Waals surface area contributed by atoms with E-state index in [-0.39, 0.29) is 28.4 Å². The number of amides is 2. The third kappa shape index (κ3) is 6.32. The second-order valence-corrected chi connectivity index (χ2v) is 9.54. The second kappa shape index (κ2) is 8.65. The Bertz CT molecular complexity index is 1010. The van der Waals surface area contributed by atoms with Gasteiger partial charge in [-0.2, -0.15) is 0 Å². The van der Waals surface area contributed by atoms with Gasteiger partial charge in [-0.1, -0.05) is 12.1 Å². The van der Waals surface area contributed by atoms with E-state index in [9.17, 15) is 18.0 Å². The Labute approximate surface area is 172 Å². The van der Waals surface area contributed by atoms with Crippen LogP contribution in [0.3, 0.4) is 0 Å². The van der Waals surface area contributed by atoms with Crippen molar-refractivity contribution in [2.75, 3.05) is 11.3 Å². The van der Waals surface area contributed by atoms with Crippen LogP contribution in [0, 0.1) is 13.8 Å². The lowest BCUT2D eigenvalue weighted by atomic mass is 10.1. The van der Waals surface area contributed by atoms with Gasteiger partial charge < -0.3 is 10.6 Å². The third-order valence-corrected chi connectivity index (χ3v) is 5.58. The molecular weight excluding hydrogens is 390 g/mol. The van der Waals surface area contributed by atoms with Crippen LogP contribution in [0.25, 0.3) is 0 Å². The number of carbonyl (C=O) groups excluding carboxylic acids is 2. The van der Waals surface area contributed by atoms with Crippen molar-refractivity contribution >= 4 is 27.5 Å². The molecule has 2 aromatic rings. The summed E-state index contributed by atoms with van der Waals surface area (Å²) in [5.74, 6) is -0.761. The molecule has 0 aliphatic rings. The predicted octanol–water partition coefficient (Wildman–Crippen LogP) is 2.75. The molecule has 29 heavy (non-hydrogen) atoms. The van der Waals surface area contributed by atoms with Crippen molar-refractivity contribution in [1.82, 2.24) is 10.6 Å². The molecule has 0 radical (unpaired) electrons. The molecule has 8 heteroatoms. The van der Waals surface area contributed by atoms with Crippen LogP contribution in [0.4, 0.5) is 5.69 Å². The van der Waals surface area contributed by atoms with Gasteiger partial charge >= 0.3 is 0 Å². The lowest BCUT2D eigenvalue weighted by molar-refractivity contribution is -0.121. The first-order chi connectivity index (χ1) is 13.4. The number of sulfonamides is 1. The highest BCUT2D eigenvalue weighted by Gasteiger charge is 2.18. The van der Waals surface area contributed by atoms with Gasteiger partial charge in [0, 0.05) is 11.1 Å². The minimum absolute atomic E-state index is 0.0421. The van der Waals surface area contributed by atoms with Crippen molar-refractivity contribution < 1.29 is 18.0 Å². The van der Waals surface area contributed by atoms with Gasteiger partial charge in [0.1, 0.15) is 0 Å². The Morgan fingerprint density at radius 2 is 1.59 bits per heavy atom. The van der Waals surface area contributed by atoms with Gasteiger partial charge in [0.05, 0.1) is 17.1 Å². The average Bonchev–Trinajstić information content (AvgIpc) is 2.62. The summed E-state index contributed by atoms with van der Waals surface area (Å²) >= 11 is 0. The van der Waals surface area contributed by atoms with Crippen LogP contribution < -0.4 is 15.4 Å². The summed E-state index contributed by atoms with van der Waals surface area (Å²) < 4.78 is 27.8. The molecule has 2 amide bonds. The number of benzene rings is 2. The zero-order valence-corrected chi connectivity index (χ0v) is 18.1. The maximum absolute atomic E-state index is 12.6. The van der Waals surface area contributed by atoms with Crippen molar-refractivity contribution in [1.29, 1.82) is 0 Å². The quantitative estimate of drug-likeness (QED) is 0.672. The second-order valence-electron chi connectivity index (χ2n) is 7.86. The smallest absolute Gasteiger partial charge is 0.261 e. The topological polar surface area (TPSA) is 104 Å². The molecule has 156 valence electrons. The zero-order valence-electron chi connectivity index (χ0n) is 17.3. The Morgan fingerprint density at radius 1 is 0.966 bits per heavy atom. The van der Waals surface area contributed by atoms with Crippen molar-refractivity contribution in [3.63, 3.8) is 0 Å². The Balaban J connectivity index is 2.06. The van der Waals surface area contributed by atoms with Gasteiger partial charge in [-0.3, -0.25) is 14.3 Å². The zero-order chi connectivity index (χ0) is 21.8. The summed E-state index contributed by atoms with van der Waals surface area (Å²) in [6.07, 6.45) is 0. The van der Waals surface area contributed by atoms with Crippen molar-refractivity contribution in [3.05, 3.63) is 59.2 Å². The molecule has 2 aromatic carbocycles. The van der Waals surface area contributed by atoms with Crippen LogP contribution in [-0.4, -0.2) is 32.3 Å². The van der Waals surface area contributed by atoms with E-state index in [1.807, 2.05) is 40.7 Å². The molecule has 3 N–H and O–H groups in total. The summed E-state index contributed by atoms with van der Waals surface area (Å²) in [6, 6.07) is 10.9. The monoisotopic (exact) mass is 417 g/mol. The highest BCUT2D eigenvalue weighted by Crippen LogP contribution is 2.22. The van der Waals surface area contributed by atoms with Gasteiger partial charge in [-0.05, 0) is 76.1 Å². The lowest BCUT2D eigenvalue weighted by Gasteiger charge is -2.20. The summed E-state index contributed by atoms with van der Waals surface area (Å²) in [6.45, 7) is 9.12. The Morgan fingerprint density at radius 3 is 2.17 bits per heavy atom. The van der Waals surface area contributed by atoms with Crippen LogP contribution in [0.5, 0.6) is 0 Å². The van der Waals surface area contributed by atoms with Crippen molar-refractivity contribution in [3.8, 4) is 0 Å². The number of carbonyl (C=O) groups is 2.